The van der Waals surface area contributed by atoms with Crippen molar-refractivity contribution in [2.24, 2.45) is 0 Å². The van der Waals surface area contributed by atoms with Crippen molar-refractivity contribution in [3.8, 4) is 11.1 Å². The van der Waals surface area contributed by atoms with Gasteiger partial charge in [0.05, 0.1) is 5.69 Å². The molecule has 3 aliphatic rings. The zero-order valence-corrected chi connectivity index (χ0v) is 42.0. The highest BCUT2D eigenvalue weighted by atomic mass is 32.2. The van der Waals surface area contributed by atoms with Gasteiger partial charge in [-0.1, -0.05) is 163 Å². The van der Waals surface area contributed by atoms with Crippen molar-refractivity contribution in [2.75, 3.05) is 19.6 Å². The minimum atomic E-state index is -0.0946. The Labute approximate surface area is 443 Å². The van der Waals surface area contributed by atoms with Gasteiger partial charge in [0.1, 0.15) is 0 Å². The maximum atomic E-state index is 5.57. The molecular formula is C66H46B2N4S2. The van der Waals surface area contributed by atoms with Crippen LogP contribution in [0.3, 0.4) is 0 Å². The average Bonchev–Trinajstić information content (AvgIpc) is 3.55. The summed E-state index contributed by atoms with van der Waals surface area (Å²) >= 11 is 7.50. The number of thiol groups is 1. The van der Waals surface area contributed by atoms with Gasteiger partial charge in [0.2, 0.25) is 0 Å². The Morgan fingerprint density at radius 3 is 1.36 bits per heavy atom. The third-order valence-electron chi connectivity index (χ3n) is 14.7. The fourth-order valence-electron chi connectivity index (χ4n) is 11.6. The number of para-hydroxylation sites is 7. The van der Waals surface area contributed by atoms with Crippen molar-refractivity contribution in [1.82, 2.24) is 0 Å². The predicted octanol–water partition coefficient (Wildman–Crippen LogP) is 14.9. The van der Waals surface area contributed by atoms with E-state index in [2.05, 4.69) is 293 Å². The summed E-state index contributed by atoms with van der Waals surface area (Å²) in [5.74, 6) is -0.0352. The molecule has 11 aromatic rings. The van der Waals surface area contributed by atoms with E-state index in [1.165, 1.54) is 49.0 Å². The first-order chi connectivity index (χ1) is 36.7. The van der Waals surface area contributed by atoms with Crippen LogP contribution in [0.4, 0.5) is 68.2 Å². The number of fused-ring (bicyclic) bond motifs is 7. The largest absolute Gasteiger partial charge is 0.311 e. The van der Waals surface area contributed by atoms with Gasteiger partial charge in [-0.15, -0.1) is 12.6 Å². The Bertz CT molecular complexity index is 3790. The van der Waals surface area contributed by atoms with Gasteiger partial charge in [-0.3, -0.25) is 0 Å². The Morgan fingerprint density at radius 2 is 0.797 bits per heavy atom. The molecule has 348 valence electrons. The van der Waals surface area contributed by atoms with Crippen LogP contribution in [0.1, 0.15) is 0 Å². The predicted molar refractivity (Wildman–Crippen MR) is 320 cm³/mol. The number of anilines is 12. The lowest BCUT2D eigenvalue weighted by atomic mass is 9.33. The molecule has 0 unspecified atom stereocenters. The second-order valence-electron chi connectivity index (χ2n) is 19.0. The van der Waals surface area contributed by atoms with E-state index in [0.29, 0.717) is 0 Å². The molecule has 3 aliphatic heterocycles. The van der Waals surface area contributed by atoms with E-state index in [1.54, 1.807) is 0 Å². The summed E-state index contributed by atoms with van der Waals surface area (Å²) in [7, 11) is 0. The van der Waals surface area contributed by atoms with E-state index in [4.69, 9.17) is 12.6 Å². The standard InChI is InChI=1S/C66H46B2N4S2/c73-64-45-61-58(44-59(64)68-56-40-39-52(41-55(56)54-35-19-22-38-65(54)74-68)69(46-23-7-1-8-24-46)47-25-9-2-10-26-47)67-57-36-20-21-37-60(57)71(50-31-15-5-16-32-50)62-42-53(43-63(66(62)67)72(61)51-33-17-6-18-34-51)70(48-27-11-3-12-28-48)49-29-13-4-14-30-49/h1-45,73H. The maximum Gasteiger partial charge on any atom is 0.282 e. The van der Waals surface area contributed by atoms with Crippen LogP contribution in [-0.2, 0) is 0 Å². The summed E-state index contributed by atoms with van der Waals surface area (Å²) in [5.41, 5.74) is 22.1. The van der Waals surface area contributed by atoms with Gasteiger partial charge in [0.15, 0.2) is 0 Å². The van der Waals surface area contributed by atoms with Crippen LogP contribution >= 0.6 is 24.2 Å². The monoisotopic (exact) mass is 980 g/mol. The van der Waals surface area contributed by atoms with Gasteiger partial charge >= 0.3 is 0 Å². The fourth-order valence-corrected chi connectivity index (χ4v) is 13.4. The van der Waals surface area contributed by atoms with Crippen LogP contribution in [0.25, 0.3) is 11.1 Å². The highest BCUT2D eigenvalue weighted by Crippen LogP contribution is 2.49. The third-order valence-corrected chi connectivity index (χ3v) is 16.5. The first-order valence-corrected chi connectivity index (χ1v) is 26.5. The minimum Gasteiger partial charge on any atom is -0.311 e. The molecule has 4 nitrogen and oxygen atoms in total. The van der Waals surface area contributed by atoms with E-state index in [0.717, 1.165) is 67.5 Å². The van der Waals surface area contributed by atoms with E-state index in [9.17, 15) is 0 Å². The Kier molecular flexibility index (Phi) is 11.0. The topological polar surface area (TPSA) is 13.0 Å². The van der Waals surface area contributed by atoms with E-state index >= 15 is 0 Å². The van der Waals surface area contributed by atoms with Crippen LogP contribution < -0.4 is 46.9 Å². The molecule has 0 radical (unpaired) electrons. The summed E-state index contributed by atoms with van der Waals surface area (Å²) in [4.78, 5) is 11.9. The zero-order valence-electron chi connectivity index (χ0n) is 40.3. The Morgan fingerprint density at radius 1 is 0.324 bits per heavy atom. The lowest BCUT2D eigenvalue weighted by molar-refractivity contribution is 1.22. The Balaban J connectivity index is 1.01. The molecule has 8 heteroatoms. The first-order valence-electron chi connectivity index (χ1n) is 25.2. The van der Waals surface area contributed by atoms with Crippen LogP contribution in [0.15, 0.2) is 283 Å². The number of benzene rings is 11. The molecule has 0 aliphatic carbocycles. The van der Waals surface area contributed by atoms with E-state index < -0.39 is 0 Å². The molecule has 74 heavy (non-hydrogen) atoms. The second kappa shape index (κ2) is 18.5. The zero-order chi connectivity index (χ0) is 49.1. The van der Waals surface area contributed by atoms with Crippen LogP contribution in [-0.4, -0.2) is 12.7 Å². The number of nitrogens with zero attached hydrogens (tertiary/aromatic N) is 4. The van der Waals surface area contributed by atoms with Crippen molar-refractivity contribution >= 4 is 133 Å². The van der Waals surface area contributed by atoms with Crippen molar-refractivity contribution < 1.29 is 0 Å². The summed E-state index contributed by atoms with van der Waals surface area (Å²) in [6.45, 7) is -0.0946. The summed E-state index contributed by atoms with van der Waals surface area (Å²) in [5, 5.41) is 0. The van der Waals surface area contributed by atoms with Crippen molar-refractivity contribution in [3.05, 3.63) is 273 Å². The molecule has 0 saturated carbocycles. The van der Waals surface area contributed by atoms with Crippen LogP contribution in [0, 0.1) is 0 Å². The SMILES string of the molecule is Sc1cc2c(cc1B1Sc3ccccc3-c3cc(N(c4ccccc4)c4ccccc4)ccc31)B1c3ccccc3N(c3ccccc3)c3cc(N(c4ccccc4)c4ccccc4)cc(c31)N2c1ccccc1. The third kappa shape index (κ3) is 7.43. The fraction of sp³-hybridized carbons (Fsp3) is 0. The normalized spacial score (nSPS) is 12.8. The molecule has 0 bridgehead atoms. The first kappa shape index (κ1) is 44.2. The molecular weight excluding hydrogens is 935 g/mol. The quantitative estimate of drug-likeness (QED) is 0.114. The smallest absolute Gasteiger partial charge is 0.282 e. The number of rotatable bonds is 9. The highest BCUT2D eigenvalue weighted by Gasteiger charge is 2.45. The molecule has 3 heterocycles. The molecule has 14 rings (SSSR count). The summed E-state index contributed by atoms with van der Waals surface area (Å²) in [6.07, 6.45) is 0. The van der Waals surface area contributed by atoms with Crippen molar-refractivity contribution in [2.45, 2.75) is 9.79 Å². The van der Waals surface area contributed by atoms with Gasteiger partial charge < -0.3 is 19.6 Å². The van der Waals surface area contributed by atoms with Gasteiger partial charge in [-0.25, -0.2) is 0 Å². The molecule has 0 N–H and O–H groups in total. The van der Waals surface area contributed by atoms with Gasteiger partial charge in [0.25, 0.3) is 12.7 Å². The molecule has 0 aromatic heterocycles. The molecule has 0 amide bonds. The maximum absolute atomic E-state index is 5.57. The van der Waals surface area contributed by atoms with Gasteiger partial charge in [-0.2, -0.15) is 11.6 Å². The molecule has 11 aromatic carbocycles. The number of hydrogen-bond acceptors (Lipinski definition) is 6. The van der Waals surface area contributed by atoms with Crippen LogP contribution in [0.5, 0.6) is 0 Å². The molecule has 0 spiro atoms. The molecule has 0 saturated heterocycles. The van der Waals surface area contributed by atoms with Crippen LogP contribution in [0.2, 0.25) is 0 Å². The summed E-state index contributed by atoms with van der Waals surface area (Å²) < 4.78 is 0. The summed E-state index contributed by atoms with van der Waals surface area (Å²) in [6, 6.07) is 99.3. The lowest BCUT2D eigenvalue weighted by Gasteiger charge is -2.45. The van der Waals surface area contributed by atoms with Crippen molar-refractivity contribution in [3.63, 3.8) is 0 Å². The lowest BCUT2D eigenvalue weighted by Crippen LogP contribution is -2.62. The van der Waals surface area contributed by atoms with Crippen molar-refractivity contribution in [1.29, 1.82) is 0 Å². The molecule has 0 atom stereocenters. The highest BCUT2D eigenvalue weighted by molar-refractivity contribution is 8.28. The minimum absolute atomic E-state index is 0.0352. The Hall–Kier alpha value is -8.55. The molecule has 0 fully saturated rings. The van der Waals surface area contributed by atoms with E-state index in [-0.39, 0.29) is 12.7 Å². The average molecular weight is 981 g/mol. The second-order valence-corrected chi connectivity index (χ2v) is 20.6. The number of hydrogen-bond donors (Lipinski definition) is 1. The van der Waals surface area contributed by atoms with Gasteiger partial charge in [0, 0.05) is 72.4 Å². The van der Waals surface area contributed by atoms with E-state index in [1.807, 2.05) is 11.6 Å². The van der Waals surface area contributed by atoms with Gasteiger partial charge in [-0.05, 0) is 148 Å².